The Balaban J connectivity index is 3.37. The average Bonchev–Trinajstić information content (AvgIpc) is 3.07. The summed E-state index contributed by atoms with van der Waals surface area (Å²) in [5.41, 5.74) is 0.493. The van der Waals surface area contributed by atoms with Crippen molar-refractivity contribution < 1.29 is 9.53 Å². The molecule has 0 N–H and O–H groups in total. The van der Waals surface area contributed by atoms with E-state index in [-0.39, 0.29) is 12.1 Å². The molecule has 0 aliphatic heterocycles. The molecule has 0 aliphatic carbocycles. The number of unbranched alkanes of at least 4 members (excludes halogenated alkanes) is 3. The van der Waals surface area contributed by atoms with Crippen LogP contribution in [-0.2, 0) is 11.8 Å². The Morgan fingerprint density at radius 2 is 1.50 bits per heavy atom. The van der Waals surface area contributed by atoms with E-state index in [9.17, 15) is 4.79 Å². The van der Waals surface area contributed by atoms with E-state index in [4.69, 9.17) is 14.9 Å². The van der Waals surface area contributed by atoms with Gasteiger partial charge >= 0.3 is 189 Å². The van der Waals surface area contributed by atoms with Gasteiger partial charge in [-0.25, -0.2) is 0 Å². The molecule has 0 aliphatic rings. The Bertz CT molecular complexity index is 632. The standard InChI is InChI=1S/C11H19N4O2.3C4H9.Sn/c1-8(9-7-12-15(6)13-9)14(5)10(16)17-11(2,3)4;3*1-3-4-2;/h8H,1-6H3;3*1,3-4H2,2H3;. The zero-order valence-corrected chi connectivity index (χ0v) is 23.9. The molecular formula is C23H46N4O2Sn. The van der Waals surface area contributed by atoms with Gasteiger partial charge in [-0.05, 0) is 0 Å². The van der Waals surface area contributed by atoms with Crippen LogP contribution in [0.5, 0.6) is 0 Å². The van der Waals surface area contributed by atoms with Crippen LogP contribution in [-0.4, -0.2) is 57.0 Å². The number of hydrogen-bond acceptors (Lipinski definition) is 4. The van der Waals surface area contributed by atoms with Gasteiger partial charge in [0.1, 0.15) is 0 Å². The number of aromatic nitrogens is 3. The summed E-state index contributed by atoms with van der Waals surface area (Å²) in [7, 11) is 3.74. The molecule has 1 unspecified atom stereocenters. The van der Waals surface area contributed by atoms with Gasteiger partial charge in [-0.15, -0.1) is 0 Å². The number of amides is 1. The van der Waals surface area contributed by atoms with Crippen LogP contribution >= 0.6 is 0 Å². The van der Waals surface area contributed by atoms with E-state index < -0.39 is 24.0 Å². The summed E-state index contributed by atoms with van der Waals surface area (Å²) in [5, 5.41) is 9.81. The van der Waals surface area contributed by atoms with Gasteiger partial charge in [-0.1, -0.05) is 0 Å². The number of carbonyl (C=O) groups excluding carboxylic acids is 1. The Morgan fingerprint density at radius 3 is 1.90 bits per heavy atom. The summed E-state index contributed by atoms with van der Waals surface area (Å²) in [4.78, 5) is 16.1. The number of carbonyl (C=O) groups is 1. The van der Waals surface area contributed by atoms with Crippen molar-refractivity contribution in [2.24, 2.45) is 7.05 Å². The van der Waals surface area contributed by atoms with Crippen LogP contribution in [0.15, 0.2) is 0 Å². The number of rotatable bonds is 12. The second kappa shape index (κ2) is 12.3. The first-order valence-electron chi connectivity index (χ1n) is 11.9. The molecule has 0 saturated heterocycles. The molecule has 1 amide bonds. The van der Waals surface area contributed by atoms with Crippen molar-refractivity contribution >= 4 is 28.2 Å². The van der Waals surface area contributed by atoms with Crippen molar-refractivity contribution in [1.82, 2.24) is 19.9 Å². The summed E-state index contributed by atoms with van der Waals surface area (Å²) in [5.74, 6) is 0. The molecule has 0 radical (unpaired) electrons. The van der Waals surface area contributed by atoms with Crippen LogP contribution in [0, 0.1) is 0 Å². The van der Waals surface area contributed by atoms with Crippen LogP contribution in [0.4, 0.5) is 4.79 Å². The molecule has 7 heteroatoms. The summed E-state index contributed by atoms with van der Waals surface area (Å²) >= 11 is -2.77. The van der Waals surface area contributed by atoms with Crippen LogP contribution in [0.25, 0.3) is 0 Å². The Kier molecular flexibility index (Phi) is 11.2. The number of ether oxygens (including phenoxy) is 1. The van der Waals surface area contributed by atoms with Crippen LogP contribution in [0.2, 0.25) is 13.3 Å². The van der Waals surface area contributed by atoms with E-state index in [1.807, 2.05) is 34.9 Å². The fourth-order valence-corrected chi connectivity index (χ4v) is 20.3. The molecule has 1 aromatic rings. The summed E-state index contributed by atoms with van der Waals surface area (Å²) in [6.07, 6.45) is 7.18. The van der Waals surface area contributed by atoms with Crippen molar-refractivity contribution in [1.29, 1.82) is 0 Å². The zero-order chi connectivity index (χ0) is 22.9. The second-order valence-corrected chi connectivity index (χ2v) is 22.7. The molecule has 0 fully saturated rings. The molecule has 1 aromatic heterocycles. The summed E-state index contributed by atoms with van der Waals surface area (Å²) in [6.45, 7) is 14.6. The molecule has 174 valence electrons. The fraction of sp³-hybridized carbons (Fsp3) is 0.870. The summed E-state index contributed by atoms with van der Waals surface area (Å²) < 4.78 is 10.9. The topological polar surface area (TPSA) is 60.2 Å². The number of hydrogen-bond donors (Lipinski definition) is 0. The van der Waals surface area contributed by atoms with E-state index in [1.165, 1.54) is 55.5 Å². The summed E-state index contributed by atoms with van der Waals surface area (Å²) in [6, 6.07) is -0.149. The van der Waals surface area contributed by atoms with Crippen molar-refractivity contribution in [3.8, 4) is 0 Å². The molecule has 1 heterocycles. The molecule has 0 bridgehead atoms. The van der Waals surface area contributed by atoms with E-state index >= 15 is 0 Å². The van der Waals surface area contributed by atoms with E-state index in [0.29, 0.717) is 0 Å². The molecular weight excluding hydrogens is 483 g/mol. The van der Waals surface area contributed by atoms with Crippen molar-refractivity contribution in [2.45, 2.75) is 112 Å². The minimum atomic E-state index is -2.77. The van der Waals surface area contributed by atoms with Gasteiger partial charge < -0.3 is 0 Å². The van der Waals surface area contributed by atoms with Crippen LogP contribution < -0.4 is 3.71 Å². The van der Waals surface area contributed by atoms with Gasteiger partial charge in [-0.2, -0.15) is 0 Å². The Hall–Kier alpha value is -0.791. The van der Waals surface area contributed by atoms with Crippen molar-refractivity contribution in [3.63, 3.8) is 0 Å². The SMILES string of the molecule is CCC[CH2][Sn]([CH2]CCC)([CH2]CCC)[c]1nn(C)nc1C(C)N(C)C(=O)OC(C)(C)C. The first kappa shape index (κ1) is 27.2. The number of nitrogens with zero attached hydrogens (tertiary/aromatic N) is 4. The van der Waals surface area contributed by atoms with E-state index in [1.54, 1.807) is 9.70 Å². The normalized spacial score (nSPS) is 13.4. The first-order valence-corrected chi connectivity index (χ1v) is 19.4. The van der Waals surface area contributed by atoms with Gasteiger partial charge in [-0.3, -0.25) is 0 Å². The van der Waals surface area contributed by atoms with Crippen LogP contribution in [0.1, 0.15) is 98.7 Å². The second-order valence-electron chi connectivity index (χ2n) is 9.78. The molecule has 1 atom stereocenters. The van der Waals surface area contributed by atoms with Crippen LogP contribution in [0.3, 0.4) is 0 Å². The molecule has 0 aromatic carbocycles. The minimum absolute atomic E-state index is 0.149. The predicted octanol–water partition coefficient (Wildman–Crippen LogP) is 5.80. The Morgan fingerprint density at radius 1 is 1.03 bits per heavy atom. The molecule has 1 rings (SSSR count). The first-order chi connectivity index (χ1) is 14.0. The van der Waals surface area contributed by atoms with E-state index in [0.717, 1.165) is 5.69 Å². The molecule has 6 nitrogen and oxygen atoms in total. The van der Waals surface area contributed by atoms with Gasteiger partial charge in [0.15, 0.2) is 0 Å². The van der Waals surface area contributed by atoms with Gasteiger partial charge in [0.2, 0.25) is 0 Å². The third kappa shape index (κ3) is 7.72. The maximum atomic E-state index is 12.7. The fourth-order valence-electron chi connectivity index (χ4n) is 4.03. The number of aryl methyl sites for hydroxylation is 1. The molecule has 0 saturated carbocycles. The van der Waals surface area contributed by atoms with Gasteiger partial charge in [0.05, 0.1) is 0 Å². The van der Waals surface area contributed by atoms with Gasteiger partial charge in [0, 0.05) is 0 Å². The third-order valence-corrected chi connectivity index (χ3v) is 21.0. The van der Waals surface area contributed by atoms with Crippen molar-refractivity contribution in [3.05, 3.63) is 5.69 Å². The average molecular weight is 529 g/mol. The van der Waals surface area contributed by atoms with Crippen molar-refractivity contribution in [2.75, 3.05) is 7.05 Å². The third-order valence-electron chi connectivity index (χ3n) is 5.93. The quantitative estimate of drug-likeness (QED) is 0.322. The van der Waals surface area contributed by atoms with E-state index in [2.05, 4.69) is 27.7 Å². The maximum absolute atomic E-state index is 12.7. The van der Waals surface area contributed by atoms with Gasteiger partial charge in [0.25, 0.3) is 0 Å². The molecule has 0 spiro atoms. The zero-order valence-electron chi connectivity index (χ0n) is 21.0. The Labute approximate surface area is 189 Å². The monoisotopic (exact) mass is 530 g/mol. The predicted molar refractivity (Wildman–Crippen MR) is 128 cm³/mol. The molecule has 30 heavy (non-hydrogen) atoms.